The number of nitrogens with one attached hydrogen (secondary N) is 1. The SMILES string of the molecule is CCNc1cnc(CN2CCC(OCC)CC2)cn1. The molecule has 1 fully saturated rings. The third-order valence-electron chi connectivity index (χ3n) is 3.39. The Morgan fingerprint density at radius 3 is 2.63 bits per heavy atom. The average Bonchev–Trinajstić information content (AvgIpc) is 2.44. The van der Waals surface area contributed by atoms with Crippen LogP contribution in [0.4, 0.5) is 5.82 Å². The summed E-state index contributed by atoms with van der Waals surface area (Å²) >= 11 is 0. The molecule has 5 heteroatoms. The molecule has 0 saturated carbocycles. The molecule has 1 N–H and O–H groups in total. The van der Waals surface area contributed by atoms with Crippen LogP contribution in [0.3, 0.4) is 0 Å². The van der Waals surface area contributed by atoms with Crippen LogP contribution in [-0.2, 0) is 11.3 Å². The van der Waals surface area contributed by atoms with E-state index in [1.807, 2.05) is 12.4 Å². The molecule has 0 spiro atoms. The van der Waals surface area contributed by atoms with Crippen molar-refractivity contribution in [3.05, 3.63) is 18.1 Å². The molecule has 106 valence electrons. The Morgan fingerprint density at radius 2 is 2.05 bits per heavy atom. The second kappa shape index (κ2) is 7.40. The monoisotopic (exact) mass is 264 g/mol. The minimum absolute atomic E-state index is 0.448. The number of nitrogens with zero attached hydrogens (tertiary/aromatic N) is 3. The maximum Gasteiger partial charge on any atom is 0.144 e. The number of anilines is 1. The maximum absolute atomic E-state index is 5.66. The van der Waals surface area contributed by atoms with Gasteiger partial charge < -0.3 is 10.1 Å². The van der Waals surface area contributed by atoms with Crippen LogP contribution in [0.2, 0.25) is 0 Å². The minimum Gasteiger partial charge on any atom is -0.378 e. The number of ether oxygens (including phenoxy) is 1. The highest BCUT2D eigenvalue weighted by atomic mass is 16.5. The predicted molar refractivity (Wildman–Crippen MR) is 76.1 cm³/mol. The molecular formula is C14H24N4O. The van der Waals surface area contributed by atoms with Gasteiger partial charge >= 0.3 is 0 Å². The van der Waals surface area contributed by atoms with E-state index in [0.29, 0.717) is 6.10 Å². The molecule has 1 aromatic heterocycles. The lowest BCUT2D eigenvalue weighted by Crippen LogP contribution is -2.36. The van der Waals surface area contributed by atoms with E-state index in [9.17, 15) is 0 Å². The molecule has 1 aliphatic rings. The molecule has 2 rings (SSSR count). The number of hydrogen-bond acceptors (Lipinski definition) is 5. The van der Waals surface area contributed by atoms with Gasteiger partial charge in [0.25, 0.3) is 0 Å². The minimum atomic E-state index is 0.448. The molecule has 0 atom stereocenters. The van der Waals surface area contributed by atoms with Crippen LogP contribution in [0.25, 0.3) is 0 Å². The van der Waals surface area contributed by atoms with Crippen LogP contribution < -0.4 is 5.32 Å². The van der Waals surface area contributed by atoms with E-state index in [1.165, 1.54) is 0 Å². The molecule has 0 unspecified atom stereocenters. The van der Waals surface area contributed by atoms with Crippen LogP contribution >= 0.6 is 0 Å². The Hall–Kier alpha value is -1.20. The highest BCUT2D eigenvalue weighted by molar-refractivity contribution is 5.30. The zero-order valence-electron chi connectivity index (χ0n) is 11.9. The largest absolute Gasteiger partial charge is 0.378 e. The zero-order valence-corrected chi connectivity index (χ0v) is 11.9. The van der Waals surface area contributed by atoms with Crippen LogP contribution in [0, 0.1) is 0 Å². The maximum atomic E-state index is 5.66. The Bertz CT molecular complexity index is 360. The van der Waals surface area contributed by atoms with E-state index in [-0.39, 0.29) is 0 Å². The van der Waals surface area contributed by atoms with E-state index < -0.39 is 0 Å². The van der Waals surface area contributed by atoms with Crippen molar-refractivity contribution in [3.8, 4) is 0 Å². The first-order valence-electron chi connectivity index (χ1n) is 7.20. The predicted octanol–water partition coefficient (Wildman–Crippen LogP) is 1.91. The van der Waals surface area contributed by atoms with Gasteiger partial charge in [0.05, 0.1) is 24.2 Å². The van der Waals surface area contributed by atoms with Crippen LogP contribution in [0.5, 0.6) is 0 Å². The second-order valence-corrected chi connectivity index (χ2v) is 4.85. The summed E-state index contributed by atoms with van der Waals surface area (Å²) in [6.45, 7) is 8.87. The van der Waals surface area contributed by atoms with Crippen LogP contribution in [-0.4, -0.2) is 47.2 Å². The zero-order chi connectivity index (χ0) is 13.5. The average molecular weight is 264 g/mol. The van der Waals surface area contributed by atoms with Gasteiger partial charge in [0, 0.05) is 32.8 Å². The molecule has 0 aromatic carbocycles. The smallest absolute Gasteiger partial charge is 0.144 e. The van der Waals surface area contributed by atoms with Gasteiger partial charge in [-0.05, 0) is 26.7 Å². The van der Waals surface area contributed by atoms with Crippen molar-refractivity contribution in [1.29, 1.82) is 0 Å². The van der Waals surface area contributed by atoms with Crippen molar-refractivity contribution in [2.45, 2.75) is 39.3 Å². The van der Waals surface area contributed by atoms with Gasteiger partial charge in [0.2, 0.25) is 0 Å². The molecule has 5 nitrogen and oxygen atoms in total. The molecule has 0 radical (unpaired) electrons. The third-order valence-corrected chi connectivity index (χ3v) is 3.39. The Morgan fingerprint density at radius 1 is 1.26 bits per heavy atom. The van der Waals surface area contributed by atoms with Crippen molar-refractivity contribution < 1.29 is 4.74 Å². The van der Waals surface area contributed by atoms with Gasteiger partial charge in [-0.3, -0.25) is 9.88 Å². The van der Waals surface area contributed by atoms with E-state index in [4.69, 9.17) is 4.74 Å². The van der Waals surface area contributed by atoms with Crippen molar-refractivity contribution in [2.24, 2.45) is 0 Å². The summed E-state index contributed by atoms with van der Waals surface area (Å²) in [6, 6.07) is 0. The summed E-state index contributed by atoms with van der Waals surface area (Å²) in [5, 5.41) is 3.15. The number of likely N-dealkylation sites (tertiary alicyclic amines) is 1. The lowest BCUT2D eigenvalue weighted by Gasteiger charge is -2.31. The summed E-state index contributed by atoms with van der Waals surface area (Å²) < 4.78 is 5.66. The first kappa shape index (κ1) is 14.2. The Balaban J connectivity index is 1.78. The summed E-state index contributed by atoms with van der Waals surface area (Å²) in [5.41, 5.74) is 1.04. The highest BCUT2D eigenvalue weighted by Gasteiger charge is 2.19. The molecular weight excluding hydrogens is 240 g/mol. The van der Waals surface area contributed by atoms with Gasteiger partial charge in [-0.1, -0.05) is 0 Å². The van der Waals surface area contributed by atoms with Crippen molar-refractivity contribution >= 4 is 5.82 Å². The summed E-state index contributed by atoms with van der Waals surface area (Å²) in [6.07, 6.45) is 6.37. The fourth-order valence-electron chi connectivity index (χ4n) is 2.41. The first-order chi connectivity index (χ1) is 9.31. The standard InChI is InChI=1S/C14H24N4O/c1-3-15-14-10-16-12(9-17-14)11-18-7-5-13(6-8-18)19-4-2/h9-10,13H,3-8,11H2,1-2H3,(H,15,17). The lowest BCUT2D eigenvalue weighted by atomic mass is 10.1. The summed E-state index contributed by atoms with van der Waals surface area (Å²) in [7, 11) is 0. The third kappa shape index (κ3) is 4.44. The number of aromatic nitrogens is 2. The van der Waals surface area contributed by atoms with Crippen molar-refractivity contribution in [3.63, 3.8) is 0 Å². The summed E-state index contributed by atoms with van der Waals surface area (Å²) in [4.78, 5) is 11.2. The molecule has 0 aliphatic carbocycles. The molecule has 1 saturated heterocycles. The molecule has 0 amide bonds. The molecule has 19 heavy (non-hydrogen) atoms. The topological polar surface area (TPSA) is 50.3 Å². The molecule has 1 aromatic rings. The van der Waals surface area contributed by atoms with Gasteiger partial charge in [-0.25, -0.2) is 4.98 Å². The van der Waals surface area contributed by atoms with E-state index in [1.54, 1.807) is 0 Å². The normalized spacial score (nSPS) is 17.6. The van der Waals surface area contributed by atoms with E-state index in [2.05, 4.69) is 34.0 Å². The lowest BCUT2D eigenvalue weighted by molar-refractivity contribution is 0.0122. The van der Waals surface area contributed by atoms with E-state index in [0.717, 1.165) is 57.1 Å². The first-order valence-corrected chi connectivity index (χ1v) is 7.20. The van der Waals surface area contributed by atoms with Gasteiger partial charge in [0.1, 0.15) is 5.82 Å². The Labute approximate surface area is 115 Å². The summed E-state index contributed by atoms with van der Waals surface area (Å²) in [5.74, 6) is 0.848. The van der Waals surface area contributed by atoms with Crippen molar-refractivity contribution in [2.75, 3.05) is 31.6 Å². The van der Waals surface area contributed by atoms with Crippen LogP contribution in [0.15, 0.2) is 12.4 Å². The Kier molecular flexibility index (Phi) is 5.54. The number of hydrogen-bond donors (Lipinski definition) is 1. The number of rotatable bonds is 6. The molecule has 2 heterocycles. The van der Waals surface area contributed by atoms with E-state index >= 15 is 0 Å². The highest BCUT2D eigenvalue weighted by Crippen LogP contribution is 2.15. The molecule has 1 aliphatic heterocycles. The van der Waals surface area contributed by atoms with Gasteiger partial charge in [-0.2, -0.15) is 0 Å². The second-order valence-electron chi connectivity index (χ2n) is 4.85. The quantitative estimate of drug-likeness (QED) is 0.850. The molecule has 0 bridgehead atoms. The van der Waals surface area contributed by atoms with Crippen molar-refractivity contribution in [1.82, 2.24) is 14.9 Å². The number of piperidine rings is 1. The van der Waals surface area contributed by atoms with Gasteiger partial charge in [-0.15, -0.1) is 0 Å². The fraction of sp³-hybridized carbons (Fsp3) is 0.714. The van der Waals surface area contributed by atoms with Crippen LogP contribution in [0.1, 0.15) is 32.4 Å². The fourth-order valence-corrected chi connectivity index (χ4v) is 2.41. The van der Waals surface area contributed by atoms with Gasteiger partial charge in [0.15, 0.2) is 0 Å².